The van der Waals surface area contributed by atoms with Crippen molar-refractivity contribution < 1.29 is 19.1 Å². The number of rotatable bonds is 9. The Morgan fingerprint density at radius 1 is 0.963 bits per heavy atom. The Morgan fingerprint density at radius 2 is 1.63 bits per heavy atom. The lowest BCUT2D eigenvalue weighted by atomic mass is 10.1. The molecule has 27 heavy (non-hydrogen) atoms. The summed E-state index contributed by atoms with van der Waals surface area (Å²) in [5.74, 6) is 0.504. The van der Waals surface area contributed by atoms with Crippen molar-refractivity contribution in [2.45, 2.75) is 31.1 Å². The van der Waals surface area contributed by atoms with Crippen LogP contribution in [-0.4, -0.2) is 26.0 Å². The van der Waals surface area contributed by atoms with Crippen molar-refractivity contribution in [1.82, 2.24) is 0 Å². The number of aryl methyl sites for hydroxylation is 1. The smallest absolute Gasteiger partial charge is 0.305 e. The molecule has 0 aliphatic carbocycles. The van der Waals surface area contributed by atoms with Crippen LogP contribution in [0.2, 0.25) is 0 Å². The molecule has 0 saturated heterocycles. The fourth-order valence-electron chi connectivity index (χ4n) is 2.40. The number of carbonyl (C=O) groups excluding carboxylic acids is 2. The molecule has 0 bridgehead atoms. The zero-order chi connectivity index (χ0) is 19.6. The first-order valence-electron chi connectivity index (χ1n) is 8.72. The number of benzene rings is 2. The third-order valence-corrected chi connectivity index (χ3v) is 5.06. The van der Waals surface area contributed by atoms with Gasteiger partial charge in [0.15, 0.2) is 5.78 Å². The summed E-state index contributed by atoms with van der Waals surface area (Å²) in [6.45, 7) is 1.99. The van der Waals surface area contributed by atoms with Crippen LogP contribution in [0.15, 0.2) is 64.4 Å². The molecule has 2 aromatic rings. The van der Waals surface area contributed by atoms with Crippen molar-refractivity contribution in [2.24, 2.45) is 0 Å². The van der Waals surface area contributed by atoms with Crippen molar-refractivity contribution in [3.8, 4) is 5.75 Å². The maximum Gasteiger partial charge on any atom is 0.305 e. The van der Waals surface area contributed by atoms with Gasteiger partial charge in [0.1, 0.15) is 5.75 Å². The molecule has 0 saturated carbocycles. The molecule has 0 radical (unpaired) electrons. The van der Waals surface area contributed by atoms with Gasteiger partial charge in [0, 0.05) is 16.9 Å². The van der Waals surface area contributed by atoms with E-state index >= 15 is 0 Å². The molecule has 4 nitrogen and oxygen atoms in total. The second-order valence-corrected chi connectivity index (χ2v) is 7.25. The van der Waals surface area contributed by atoms with Crippen LogP contribution in [0.5, 0.6) is 5.75 Å². The summed E-state index contributed by atoms with van der Waals surface area (Å²) < 4.78 is 9.87. The molecule has 0 atom stereocenters. The van der Waals surface area contributed by atoms with Gasteiger partial charge in [0.05, 0.1) is 14.2 Å². The first kappa shape index (κ1) is 20.8. The molecule has 0 heterocycles. The SMILES string of the molecule is COC(=O)CCC/C(=C\C(=O)c1ccc(C)cc1)Sc1ccc(OC)cc1. The number of ketones is 1. The number of carbonyl (C=O) groups is 2. The zero-order valence-electron chi connectivity index (χ0n) is 15.9. The predicted octanol–water partition coefficient (Wildman–Crippen LogP) is 5.21. The molecule has 5 heteroatoms. The molecular weight excluding hydrogens is 360 g/mol. The van der Waals surface area contributed by atoms with Gasteiger partial charge >= 0.3 is 5.97 Å². The monoisotopic (exact) mass is 384 g/mol. The van der Waals surface area contributed by atoms with Crippen molar-refractivity contribution >= 4 is 23.5 Å². The second-order valence-electron chi connectivity index (χ2n) is 6.05. The number of hydrogen-bond acceptors (Lipinski definition) is 5. The molecule has 142 valence electrons. The van der Waals surface area contributed by atoms with Crippen LogP contribution in [0.4, 0.5) is 0 Å². The number of esters is 1. The highest BCUT2D eigenvalue weighted by Gasteiger charge is 2.09. The minimum atomic E-state index is -0.242. The van der Waals surface area contributed by atoms with Gasteiger partial charge in [-0.1, -0.05) is 41.6 Å². The molecular formula is C22H24O4S. The molecule has 2 aromatic carbocycles. The van der Waals surface area contributed by atoms with Crippen LogP contribution < -0.4 is 4.74 Å². The maximum absolute atomic E-state index is 12.6. The Morgan fingerprint density at radius 3 is 2.22 bits per heavy atom. The second kappa shape index (κ2) is 10.6. The molecule has 0 aliphatic heterocycles. The Bertz CT molecular complexity index is 792. The van der Waals surface area contributed by atoms with Crippen LogP contribution >= 0.6 is 11.8 Å². The van der Waals surface area contributed by atoms with E-state index in [1.165, 1.54) is 18.9 Å². The van der Waals surface area contributed by atoms with Gasteiger partial charge in [0.2, 0.25) is 0 Å². The van der Waals surface area contributed by atoms with Crippen LogP contribution in [-0.2, 0) is 9.53 Å². The predicted molar refractivity (Wildman–Crippen MR) is 108 cm³/mol. The molecule has 0 aliphatic rings. The van der Waals surface area contributed by atoms with Crippen molar-refractivity contribution in [2.75, 3.05) is 14.2 Å². The minimum Gasteiger partial charge on any atom is -0.497 e. The summed E-state index contributed by atoms with van der Waals surface area (Å²) in [4.78, 5) is 25.9. The molecule has 2 rings (SSSR count). The van der Waals surface area contributed by atoms with E-state index < -0.39 is 0 Å². The highest BCUT2D eigenvalue weighted by Crippen LogP contribution is 2.31. The molecule has 0 unspecified atom stereocenters. The van der Waals surface area contributed by atoms with Gasteiger partial charge in [-0.25, -0.2) is 0 Å². The minimum absolute atomic E-state index is 0.0379. The topological polar surface area (TPSA) is 52.6 Å². The number of methoxy groups -OCH3 is 2. The fourth-order valence-corrected chi connectivity index (χ4v) is 3.39. The van der Waals surface area contributed by atoms with Crippen molar-refractivity contribution in [1.29, 1.82) is 0 Å². The lowest BCUT2D eigenvalue weighted by Crippen LogP contribution is -2.00. The zero-order valence-corrected chi connectivity index (χ0v) is 16.7. The average Bonchev–Trinajstić information content (AvgIpc) is 2.68. The normalized spacial score (nSPS) is 11.1. The molecule has 0 amide bonds. The van der Waals surface area contributed by atoms with E-state index in [9.17, 15) is 9.59 Å². The molecule has 0 fully saturated rings. The highest BCUT2D eigenvalue weighted by atomic mass is 32.2. The third-order valence-electron chi connectivity index (χ3n) is 3.97. The summed E-state index contributed by atoms with van der Waals surface area (Å²) in [6, 6.07) is 15.2. The summed E-state index contributed by atoms with van der Waals surface area (Å²) in [6.07, 6.45) is 3.25. The Labute approximate surface area is 164 Å². The molecule has 0 spiro atoms. The quantitative estimate of drug-likeness (QED) is 0.257. The lowest BCUT2D eigenvalue weighted by molar-refractivity contribution is -0.140. The van der Waals surface area contributed by atoms with Crippen LogP contribution in [0.3, 0.4) is 0 Å². The third kappa shape index (κ3) is 6.94. The van der Waals surface area contributed by atoms with E-state index in [0.29, 0.717) is 24.8 Å². The van der Waals surface area contributed by atoms with Crippen molar-refractivity contribution in [3.05, 3.63) is 70.6 Å². The van der Waals surface area contributed by atoms with E-state index in [4.69, 9.17) is 9.47 Å². The standard InChI is InChI=1S/C22H24O4S/c1-16-7-9-17(10-8-16)21(23)15-20(5-4-6-22(24)26-3)27-19-13-11-18(25-2)12-14-19/h7-15H,4-6H2,1-3H3/b20-15+. The van der Waals surface area contributed by atoms with Gasteiger partial charge in [-0.15, -0.1) is 0 Å². The lowest BCUT2D eigenvalue weighted by Gasteiger charge is -2.08. The van der Waals surface area contributed by atoms with E-state index in [1.54, 1.807) is 13.2 Å². The fraction of sp³-hybridized carbons (Fsp3) is 0.273. The van der Waals surface area contributed by atoms with E-state index in [-0.39, 0.29) is 11.8 Å². The highest BCUT2D eigenvalue weighted by molar-refractivity contribution is 8.03. The Balaban J connectivity index is 2.14. The van der Waals surface area contributed by atoms with Crippen LogP contribution in [0, 0.1) is 6.92 Å². The summed E-state index contributed by atoms with van der Waals surface area (Å²) >= 11 is 1.53. The number of thioether (sulfide) groups is 1. The summed E-state index contributed by atoms with van der Waals surface area (Å²) in [5.41, 5.74) is 1.77. The largest absolute Gasteiger partial charge is 0.497 e. The summed E-state index contributed by atoms with van der Waals surface area (Å²) in [5, 5.41) is 0. The van der Waals surface area contributed by atoms with Gasteiger partial charge in [-0.05, 0) is 55.0 Å². The first-order valence-corrected chi connectivity index (χ1v) is 9.53. The van der Waals surface area contributed by atoms with Crippen molar-refractivity contribution in [3.63, 3.8) is 0 Å². The molecule has 0 N–H and O–H groups in total. The Kier molecular flexibility index (Phi) is 8.14. The maximum atomic E-state index is 12.6. The Hall–Kier alpha value is -2.53. The van der Waals surface area contributed by atoms with E-state index in [1.807, 2.05) is 55.5 Å². The van der Waals surface area contributed by atoms with E-state index in [2.05, 4.69) is 0 Å². The van der Waals surface area contributed by atoms with Gasteiger partial charge in [-0.2, -0.15) is 0 Å². The number of hydrogen-bond donors (Lipinski definition) is 0. The van der Waals surface area contributed by atoms with Gasteiger partial charge in [0.25, 0.3) is 0 Å². The number of ether oxygens (including phenoxy) is 2. The van der Waals surface area contributed by atoms with Crippen LogP contribution in [0.25, 0.3) is 0 Å². The van der Waals surface area contributed by atoms with Crippen LogP contribution in [0.1, 0.15) is 35.2 Å². The number of allylic oxidation sites excluding steroid dienone is 2. The first-order chi connectivity index (χ1) is 13.0. The van der Waals surface area contributed by atoms with E-state index in [0.717, 1.165) is 21.1 Å². The molecule has 0 aromatic heterocycles. The van der Waals surface area contributed by atoms with Gasteiger partial charge < -0.3 is 9.47 Å². The summed E-state index contributed by atoms with van der Waals surface area (Å²) in [7, 11) is 3.01. The van der Waals surface area contributed by atoms with Gasteiger partial charge in [-0.3, -0.25) is 9.59 Å². The average molecular weight is 384 g/mol.